The number of hydrogen-bond donors (Lipinski definition) is 1. The molecule has 1 heterocycles. The second kappa shape index (κ2) is 6.83. The number of carbonyl (C=O) groups excluding carboxylic acids is 1. The normalized spacial score (nSPS) is 21.5. The fourth-order valence-corrected chi connectivity index (χ4v) is 2.99. The number of amidine groups is 1. The highest BCUT2D eigenvalue weighted by Crippen LogP contribution is 2.37. The Morgan fingerprint density at radius 2 is 1.88 bits per heavy atom. The summed E-state index contributed by atoms with van der Waals surface area (Å²) in [6.45, 7) is 5.99. The second-order valence-corrected chi connectivity index (χ2v) is 6.52. The van der Waals surface area contributed by atoms with Crippen LogP contribution in [0.2, 0.25) is 0 Å². The highest BCUT2D eigenvalue weighted by atomic mass is 19.4. The van der Waals surface area contributed by atoms with Gasteiger partial charge in [-0.3, -0.25) is 10.3 Å². The number of hydrogen-bond acceptors (Lipinski definition) is 2. The maximum atomic E-state index is 13.3. The van der Waals surface area contributed by atoms with Crippen molar-refractivity contribution in [2.45, 2.75) is 45.5 Å². The van der Waals surface area contributed by atoms with E-state index in [1.165, 1.54) is 30.1 Å². The van der Waals surface area contributed by atoms with Crippen LogP contribution in [-0.2, 0) is 6.18 Å². The highest BCUT2D eigenvalue weighted by Gasteiger charge is 2.41. The Labute approximate surface area is 139 Å². The van der Waals surface area contributed by atoms with Gasteiger partial charge < -0.3 is 4.90 Å². The van der Waals surface area contributed by atoms with E-state index in [1.807, 2.05) is 20.8 Å². The first-order valence-corrected chi connectivity index (χ1v) is 7.89. The maximum absolute atomic E-state index is 13.3. The number of nitrogens with zero attached hydrogens (tertiary/aromatic N) is 2. The minimum absolute atomic E-state index is 0.0290. The van der Waals surface area contributed by atoms with Crippen molar-refractivity contribution in [2.24, 2.45) is 10.9 Å². The summed E-state index contributed by atoms with van der Waals surface area (Å²) >= 11 is 0. The van der Waals surface area contributed by atoms with Gasteiger partial charge in [0.15, 0.2) is 0 Å². The summed E-state index contributed by atoms with van der Waals surface area (Å²) in [4.78, 5) is 17.7. The average Bonchev–Trinajstić information content (AvgIpc) is 2.71. The summed E-state index contributed by atoms with van der Waals surface area (Å²) in [5, 5.41) is 2.60. The minimum atomic E-state index is -4.49. The molecular formula is C17H22F3N3O. The fraction of sp³-hybridized carbons (Fsp3) is 0.529. The van der Waals surface area contributed by atoms with Gasteiger partial charge in [-0.25, -0.2) is 4.79 Å². The Morgan fingerprint density at radius 3 is 2.46 bits per heavy atom. The molecule has 0 spiro atoms. The molecule has 1 aromatic rings. The number of amides is 2. The second-order valence-electron chi connectivity index (χ2n) is 6.52. The first kappa shape index (κ1) is 18.3. The van der Waals surface area contributed by atoms with Crippen molar-refractivity contribution < 1.29 is 18.0 Å². The summed E-state index contributed by atoms with van der Waals surface area (Å²) in [5.74, 6) is 0.674. The van der Waals surface area contributed by atoms with Crippen molar-refractivity contribution in [1.29, 1.82) is 0 Å². The first-order valence-electron chi connectivity index (χ1n) is 7.89. The van der Waals surface area contributed by atoms with Gasteiger partial charge in [-0.05, 0) is 30.9 Å². The Kier molecular flexibility index (Phi) is 5.20. The lowest BCUT2D eigenvalue weighted by molar-refractivity contribution is -0.138. The molecule has 24 heavy (non-hydrogen) atoms. The zero-order chi connectivity index (χ0) is 18.1. The van der Waals surface area contributed by atoms with Gasteiger partial charge in [-0.2, -0.15) is 13.2 Å². The van der Waals surface area contributed by atoms with Gasteiger partial charge in [0.2, 0.25) is 0 Å². The van der Waals surface area contributed by atoms with Crippen molar-refractivity contribution in [3.05, 3.63) is 35.4 Å². The molecule has 1 aliphatic rings. The molecule has 1 saturated heterocycles. The van der Waals surface area contributed by atoms with Gasteiger partial charge in [0, 0.05) is 13.1 Å². The zero-order valence-corrected chi connectivity index (χ0v) is 14.2. The minimum Gasteiger partial charge on any atom is -0.313 e. The third kappa shape index (κ3) is 3.88. The number of likely N-dealkylation sites (N-methyl/N-ethyl adjacent to an activating group) is 1. The van der Waals surface area contributed by atoms with E-state index in [0.29, 0.717) is 5.92 Å². The molecule has 132 valence electrons. The Morgan fingerprint density at radius 1 is 1.25 bits per heavy atom. The third-order valence-electron chi connectivity index (χ3n) is 3.93. The molecule has 0 bridgehead atoms. The summed E-state index contributed by atoms with van der Waals surface area (Å²) in [7, 11) is 1.47. The molecule has 0 aromatic heterocycles. The lowest BCUT2D eigenvalue weighted by Gasteiger charge is -2.23. The van der Waals surface area contributed by atoms with Crippen molar-refractivity contribution in [3.63, 3.8) is 0 Å². The molecule has 2 atom stereocenters. The smallest absolute Gasteiger partial charge is 0.313 e. The maximum Gasteiger partial charge on any atom is 0.416 e. The molecule has 7 heteroatoms. The molecule has 0 aliphatic carbocycles. The average molecular weight is 341 g/mol. The van der Waals surface area contributed by atoms with E-state index in [0.717, 1.165) is 12.5 Å². The Bertz CT molecular complexity index is 640. The van der Waals surface area contributed by atoms with Gasteiger partial charge in [0.05, 0.1) is 5.56 Å². The molecule has 2 rings (SSSR count). The molecule has 2 amide bonds. The number of rotatable bonds is 4. The van der Waals surface area contributed by atoms with Crippen LogP contribution < -0.4 is 5.32 Å². The quantitative estimate of drug-likeness (QED) is 0.875. The van der Waals surface area contributed by atoms with Crippen LogP contribution in [0.5, 0.6) is 0 Å². The van der Waals surface area contributed by atoms with Crippen LogP contribution in [0.3, 0.4) is 0 Å². The van der Waals surface area contributed by atoms with E-state index >= 15 is 0 Å². The molecule has 1 aliphatic heterocycles. The summed E-state index contributed by atoms with van der Waals surface area (Å²) in [6, 6.07) is 3.91. The molecule has 0 radical (unpaired) electrons. The molecule has 4 nitrogen and oxygen atoms in total. The van der Waals surface area contributed by atoms with Crippen LogP contribution in [0.25, 0.3) is 0 Å². The standard InChI is InChI=1S/C17H22F3N3O/c1-10(2)9-11(3)21-15-14(23(4)16(24)22-15)12-7-5-6-8-13(12)17(18,19)20/h5-8,10-11,14H,9H2,1-4H3,(H,21,22,24). The van der Waals surface area contributed by atoms with Crippen LogP contribution >= 0.6 is 0 Å². The van der Waals surface area contributed by atoms with Gasteiger partial charge in [-0.1, -0.05) is 32.0 Å². The predicted molar refractivity (Wildman–Crippen MR) is 86.8 cm³/mol. The van der Waals surface area contributed by atoms with Gasteiger partial charge in [0.1, 0.15) is 11.9 Å². The number of aliphatic imine (C=N–C) groups is 1. The number of nitrogens with one attached hydrogen (secondary N) is 1. The molecule has 2 unspecified atom stereocenters. The molecule has 1 fully saturated rings. The summed E-state index contributed by atoms with van der Waals surface area (Å²) < 4.78 is 40.0. The van der Waals surface area contributed by atoms with E-state index in [2.05, 4.69) is 10.3 Å². The van der Waals surface area contributed by atoms with Crippen LogP contribution in [0.4, 0.5) is 18.0 Å². The van der Waals surface area contributed by atoms with E-state index in [-0.39, 0.29) is 17.4 Å². The van der Waals surface area contributed by atoms with Crippen molar-refractivity contribution >= 4 is 11.9 Å². The van der Waals surface area contributed by atoms with Gasteiger partial charge in [0.25, 0.3) is 0 Å². The number of benzene rings is 1. The van der Waals surface area contributed by atoms with E-state index < -0.39 is 23.8 Å². The lowest BCUT2D eigenvalue weighted by Crippen LogP contribution is -2.26. The number of alkyl halides is 3. The summed E-state index contributed by atoms with van der Waals surface area (Å²) in [5.41, 5.74) is -0.719. The SMILES string of the molecule is CC(C)CC(C)N=C1NC(=O)N(C)C1c1ccccc1C(F)(F)F. The van der Waals surface area contributed by atoms with Crippen molar-refractivity contribution in [1.82, 2.24) is 10.2 Å². The zero-order valence-electron chi connectivity index (χ0n) is 14.2. The third-order valence-corrected chi connectivity index (χ3v) is 3.93. The monoisotopic (exact) mass is 341 g/mol. The highest BCUT2D eigenvalue weighted by molar-refractivity contribution is 6.07. The van der Waals surface area contributed by atoms with E-state index in [4.69, 9.17) is 0 Å². The molecular weight excluding hydrogens is 319 g/mol. The Balaban J connectivity index is 2.46. The number of urea groups is 1. The van der Waals surface area contributed by atoms with Gasteiger partial charge in [-0.15, -0.1) is 0 Å². The fourth-order valence-electron chi connectivity index (χ4n) is 2.99. The number of carbonyl (C=O) groups is 1. The van der Waals surface area contributed by atoms with Crippen molar-refractivity contribution in [3.8, 4) is 0 Å². The predicted octanol–water partition coefficient (Wildman–Crippen LogP) is 4.23. The number of halogens is 3. The molecule has 1 N–H and O–H groups in total. The largest absolute Gasteiger partial charge is 0.416 e. The Hall–Kier alpha value is -2.05. The lowest BCUT2D eigenvalue weighted by atomic mass is 9.98. The first-order chi connectivity index (χ1) is 11.1. The van der Waals surface area contributed by atoms with E-state index in [1.54, 1.807) is 0 Å². The van der Waals surface area contributed by atoms with Crippen LogP contribution in [0.15, 0.2) is 29.3 Å². The molecule has 0 saturated carbocycles. The van der Waals surface area contributed by atoms with Crippen LogP contribution in [0, 0.1) is 5.92 Å². The molecule has 1 aromatic carbocycles. The van der Waals surface area contributed by atoms with Crippen molar-refractivity contribution in [2.75, 3.05) is 7.05 Å². The van der Waals surface area contributed by atoms with Crippen LogP contribution in [-0.4, -0.2) is 29.9 Å². The van der Waals surface area contributed by atoms with Crippen LogP contribution in [0.1, 0.15) is 44.4 Å². The summed E-state index contributed by atoms with van der Waals surface area (Å²) in [6.07, 6.45) is -3.70. The topological polar surface area (TPSA) is 44.7 Å². The van der Waals surface area contributed by atoms with E-state index in [9.17, 15) is 18.0 Å². The van der Waals surface area contributed by atoms with Gasteiger partial charge >= 0.3 is 12.2 Å².